The Morgan fingerprint density at radius 1 is 1.57 bits per heavy atom. The monoisotopic (exact) mass is 98.0 g/mol. The van der Waals surface area contributed by atoms with E-state index in [0.29, 0.717) is 13.2 Å². The normalized spacial score (nSPS) is 20.6. The van der Waals surface area contributed by atoms with Crippen LogP contribution in [0.15, 0.2) is 12.3 Å². The molecule has 0 atom stereocenters. The van der Waals surface area contributed by atoms with Crippen LogP contribution < -0.4 is 0 Å². The summed E-state index contributed by atoms with van der Waals surface area (Å²) in [6.07, 6.45) is 3.40. The van der Waals surface area contributed by atoms with E-state index in [1.54, 1.807) is 12.3 Å². The van der Waals surface area contributed by atoms with Gasteiger partial charge in [0.25, 0.3) is 0 Å². The van der Waals surface area contributed by atoms with Gasteiger partial charge in [-0.3, -0.25) is 0 Å². The Hall–Kier alpha value is -0.500. The molecule has 0 unspecified atom stereocenters. The average Bonchev–Trinajstić information content (AvgIpc) is 1.90. The fraction of sp³-hybridized carbons (Fsp3) is 0.400. The molecule has 2 nitrogen and oxygen atoms in total. The summed E-state index contributed by atoms with van der Waals surface area (Å²) in [5.41, 5.74) is 0. The van der Waals surface area contributed by atoms with Crippen LogP contribution in [0.2, 0.25) is 0 Å². The Balaban J connectivity index is 2.20. The first-order valence-electron chi connectivity index (χ1n) is 2.11. The Labute approximate surface area is 42.7 Å². The highest BCUT2D eigenvalue weighted by molar-refractivity contribution is 4.76. The molecule has 1 rings (SSSR count). The zero-order chi connectivity index (χ0) is 4.95. The van der Waals surface area contributed by atoms with E-state index in [1.165, 1.54) is 0 Å². The van der Waals surface area contributed by atoms with E-state index >= 15 is 0 Å². The maximum Gasteiger partial charge on any atom is 0.173 e. The predicted octanol–water partition coefficient (Wildman–Crippen LogP) is 0.586. The van der Waals surface area contributed by atoms with Gasteiger partial charge in [-0.25, -0.2) is 0 Å². The van der Waals surface area contributed by atoms with Crippen molar-refractivity contribution in [1.29, 1.82) is 0 Å². The highest BCUT2D eigenvalue weighted by Gasteiger charge is 1.89. The third kappa shape index (κ3) is 1.59. The number of hydrogen-bond acceptors (Lipinski definition) is 2. The van der Waals surface area contributed by atoms with Crippen molar-refractivity contribution in [2.24, 2.45) is 0 Å². The molecule has 2 radical (unpaired) electrons. The summed E-state index contributed by atoms with van der Waals surface area (Å²) >= 11 is 0. The van der Waals surface area contributed by atoms with Crippen LogP contribution in [0.1, 0.15) is 0 Å². The van der Waals surface area contributed by atoms with Crippen molar-refractivity contribution in [1.82, 2.24) is 0 Å². The van der Waals surface area contributed by atoms with Crippen LogP contribution in [-0.4, -0.2) is 13.2 Å². The summed E-state index contributed by atoms with van der Waals surface area (Å²) in [6, 6.07) is 0. The van der Waals surface area contributed by atoms with Gasteiger partial charge in [-0.05, 0) is 6.08 Å². The van der Waals surface area contributed by atoms with E-state index in [4.69, 9.17) is 9.47 Å². The second-order valence-electron chi connectivity index (χ2n) is 1.14. The Morgan fingerprint density at radius 3 is 3.57 bits per heavy atom. The van der Waals surface area contributed by atoms with Crippen LogP contribution in [0, 0.1) is 6.61 Å². The van der Waals surface area contributed by atoms with Gasteiger partial charge in [0, 0.05) is 0 Å². The lowest BCUT2D eigenvalue weighted by molar-refractivity contribution is 0.178. The number of ether oxygens (including phenoxy) is 2. The number of rotatable bonds is 0. The molecule has 38 valence electrons. The Bertz CT molecular complexity index is 60.5. The Morgan fingerprint density at radius 2 is 2.57 bits per heavy atom. The van der Waals surface area contributed by atoms with Crippen molar-refractivity contribution in [3.8, 4) is 0 Å². The second-order valence-corrected chi connectivity index (χ2v) is 1.14. The minimum absolute atomic E-state index is 0.441. The molecule has 0 saturated carbocycles. The first-order chi connectivity index (χ1) is 3.50. The zero-order valence-electron chi connectivity index (χ0n) is 3.89. The van der Waals surface area contributed by atoms with Crippen molar-refractivity contribution in [2.75, 3.05) is 13.2 Å². The molecule has 0 spiro atoms. The van der Waals surface area contributed by atoms with E-state index in [0.717, 1.165) is 0 Å². The molecule has 0 N–H and O–H groups in total. The molecule has 0 aromatic rings. The maximum atomic E-state index is 4.78. The second kappa shape index (κ2) is 2.64. The van der Waals surface area contributed by atoms with Crippen molar-refractivity contribution >= 4 is 0 Å². The van der Waals surface area contributed by atoms with E-state index in [-0.39, 0.29) is 0 Å². The molecule has 0 aliphatic carbocycles. The molecule has 0 aromatic carbocycles. The lowest BCUT2D eigenvalue weighted by atomic mass is 10.7. The van der Waals surface area contributed by atoms with Gasteiger partial charge in [0.1, 0.15) is 6.61 Å². The molecule has 0 fully saturated rings. The highest BCUT2D eigenvalue weighted by Crippen LogP contribution is 1.90. The predicted molar refractivity (Wildman–Crippen MR) is 24.3 cm³/mol. The molecule has 0 saturated heterocycles. The van der Waals surface area contributed by atoms with Crippen molar-refractivity contribution in [2.45, 2.75) is 0 Å². The molecule has 0 amide bonds. The van der Waals surface area contributed by atoms with Gasteiger partial charge < -0.3 is 9.47 Å². The first-order valence-corrected chi connectivity index (χ1v) is 2.11. The van der Waals surface area contributed by atoms with Gasteiger partial charge in [-0.2, -0.15) is 0 Å². The number of hydrogen-bond donors (Lipinski definition) is 0. The van der Waals surface area contributed by atoms with E-state index in [2.05, 4.69) is 6.61 Å². The molecule has 1 aliphatic rings. The van der Waals surface area contributed by atoms with Crippen molar-refractivity contribution < 1.29 is 9.47 Å². The SMILES string of the molecule is [C]1COC=CCO1. The average molecular weight is 98.1 g/mol. The summed E-state index contributed by atoms with van der Waals surface area (Å²) < 4.78 is 9.51. The van der Waals surface area contributed by atoms with Crippen LogP contribution in [0.3, 0.4) is 0 Å². The molecular formula is C5H6O2. The fourth-order valence-electron chi connectivity index (χ4n) is 0.338. The molecular weight excluding hydrogens is 92.1 g/mol. The lowest BCUT2D eigenvalue weighted by Gasteiger charge is -1.90. The summed E-state index contributed by atoms with van der Waals surface area (Å²) in [5.74, 6) is 0. The third-order valence-corrected chi connectivity index (χ3v) is 0.616. The summed E-state index contributed by atoms with van der Waals surface area (Å²) in [4.78, 5) is 0. The van der Waals surface area contributed by atoms with Crippen molar-refractivity contribution in [3.05, 3.63) is 18.9 Å². The molecule has 1 heterocycles. The molecule has 7 heavy (non-hydrogen) atoms. The van der Waals surface area contributed by atoms with Crippen LogP contribution in [-0.2, 0) is 9.47 Å². The van der Waals surface area contributed by atoms with E-state index in [9.17, 15) is 0 Å². The van der Waals surface area contributed by atoms with Gasteiger partial charge in [0.15, 0.2) is 6.61 Å². The van der Waals surface area contributed by atoms with Crippen LogP contribution in [0.4, 0.5) is 0 Å². The van der Waals surface area contributed by atoms with Gasteiger partial charge in [-0.1, -0.05) is 0 Å². The fourth-order valence-corrected chi connectivity index (χ4v) is 0.338. The summed E-state index contributed by atoms with van der Waals surface area (Å²) in [7, 11) is 0. The molecule has 1 aliphatic heterocycles. The third-order valence-electron chi connectivity index (χ3n) is 0.616. The van der Waals surface area contributed by atoms with Gasteiger partial charge in [-0.15, -0.1) is 0 Å². The van der Waals surface area contributed by atoms with Crippen LogP contribution in [0.5, 0.6) is 0 Å². The standard InChI is InChI=1S/C5H6O2/c1-2-6-4-5-7-3-1/h1-2H,3-4H2. The summed E-state index contributed by atoms with van der Waals surface area (Å²) in [5, 5.41) is 0. The minimum atomic E-state index is 0.441. The molecule has 0 aromatic heterocycles. The van der Waals surface area contributed by atoms with E-state index in [1.807, 2.05) is 0 Å². The van der Waals surface area contributed by atoms with E-state index < -0.39 is 0 Å². The zero-order valence-corrected chi connectivity index (χ0v) is 3.89. The largest absolute Gasteiger partial charge is 0.498 e. The van der Waals surface area contributed by atoms with Crippen LogP contribution in [0.25, 0.3) is 0 Å². The summed E-state index contributed by atoms with van der Waals surface area (Å²) in [6.45, 7) is 3.59. The smallest absolute Gasteiger partial charge is 0.173 e. The quantitative estimate of drug-likeness (QED) is 0.441. The molecule has 0 bridgehead atoms. The van der Waals surface area contributed by atoms with Gasteiger partial charge in [0.2, 0.25) is 0 Å². The first kappa shape index (κ1) is 4.65. The highest BCUT2D eigenvalue weighted by atomic mass is 16.5. The molecule has 2 heteroatoms. The van der Waals surface area contributed by atoms with Gasteiger partial charge >= 0.3 is 0 Å². The minimum Gasteiger partial charge on any atom is -0.498 e. The van der Waals surface area contributed by atoms with Crippen LogP contribution >= 0.6 is 0 Å². The Kier molecular flexibility index (Phi) is 1.75. The van der Waals surface area contributed by atoms with Gasteiger partial charge in [0.05, 0.1) is 12.9 Å². The lowest BCUT2D eigenvalue weighted by Crippen LogP contribution is -1.88. The maximum absolute atomic E-state index is 4.78. The van der Waals surface area contributed by atoms with Crippen molar-refractivity contribution in [3.63, 3.8) is 0 Å². The topological polar surface area (TPSA) is 18.5 Å².